The third kappa shape index (κ3) is 3.00. The van der Waals surface area contributed by atoms with Crippen molar-refractivity contribution in [2.24, 2.45) is 0 Å². The van der Waals surface area contributed by atoms with E-state index in [1.807, 2.05) is 0 Å². The molecule has 5 nitrogen and oxygen atoms in total. The van der Waals surface area contributed by atoms with E-state index >= 15 is 0 Å². The zero-order valence-corrected chi connectivity index (χ0v) is 9.30. The van der Waals surface area contributed by atoms with Crippen LogP contribution < -0.4 is 5.32 Å². The second-order valence-corrected chi connectivity index (χ2v) is 3.58. The second-order valence-electron chi connectivity index (χ2n) is 3.58. The van der Waals surface area contributed by atoms with Crippen molar-refractivity contribution < 1.29 is 14.3 Å². The van der Waals surface area contributed by atoms with Gasteiger partial charge < -0.3 is 10.4 Å². The van der Waals surface area contributed by atoms with Crippen LogP contribution in [-0.2, 0) is 6.54 Å². The molecule has 2 aromatic rings. The average Bonchev–Trinajstić information content (AvgIpc) is 2.38. The Labute approximate surface area is 102 Å². The van der Waals surface area contributed by atoms with Gasteiger partial charge in [0.1, 0.15) is 0 Å². The summed E-state index contributed by atoms with van der Waals surface area (Å²) in [6.45, 7) is 0.436. The number of nitrogens with zero attached hydrogens (tertiary/aromatic N) is 2. The van der Waals surface area contributed by atoms with Crippen molar-refractivity contribution in [1.29, 1.82) is 0 Å². The Hall–Kier alpha value is -2.50. The lowest BCUT2D eigenvalue weighted by Crippen LogP contribution is -2.04. The molecule has 1 aromatic heterocycles. The van der Waals surface area contributed by atoms with Crippen LogP contribution in [0.25, 0.3) is 0 Å². The summed E-state index contributed by atoms with van der Waals surface area (Å²) in [5.41, 5.74) is 1.12. The van der Waals surface area contributed by atoms with Crippen molar-refractivity contribution in [3.63, 3.8) is 0 Å². The van der Waals surface area contributed by atoms with Crippen LogP contribution in [0, 0.1) is 5.82 Å². The number of anilines is 1. The Morgan fingerprint density at radius 2 is 1.83 bits per heavy atom. The fraction of sp³-hybridized carbons (Fsp3) is 0.0833. The zero-order valence-electron chi connectivity index (χ0n) is 9.30. The normalized spacial score (nSPS) is 10.1. The maximum atomic E-state index is 12.6. The third-order valence-corrected chi connectivity index (χ3v) is 2.27. The van der Waals surface area contributed by atoms with E-state index in [0.29, 0.717) is 12.5 Å². The van der Waals surface area contributed by atoms with E-state index in [1.165, 1.54) is 12.1 Å². The molecule has 0 spiro atoms. The molecular weight excluding hydrogens is 237 g/mol. The molecule has 18 heavy (non-hydrogen) atoms. The number of aromatic carboxylic acids is 1. The Morgan fingerprint density at radius 3 is 2.39 bits per heavy atom. The molecule has 0 aliphatic rings. The lowest BCUT2D eigenvalue weighted by molar-refractivity contribution is 0.0697. The first-order valence-corrected chi connectivity index (χ1v) is 5.19. The molecule has 2 N–H and O–H groups in total. The molecule has 0 unspecified atom stereocenters. The average molecular weight is 247 g/mol. The maximum absolute atomic E-state index is 12.6. The van der Waals surface area contributed by atoms with Crippen molar-refractivity contribution in [2.75, 3.05) is 5.32 Å². The first kappa shape index (κ1) is 12.0. The third-order valence-electron chi connectivity index (χ3n) is 2.27. The van der Waals surface area contributed by atoms with Crippen LogP contribution in [0.2, 0.25) is 0 Å². The van der Waals surface area contributed by atoms with Gasteiger partial charge >= 0.3 is 5.97 Å². The molecule has 0 radical (unpaired) electrons. The summed E-state index contributed by atoms with van der Waals surface area (Å²) in [5.74, 6) is -1.14. The zero-order chi connectivity index (χ0) is 13.0. The highest BCUT2D eigenvalue weighted by Crippen LogP contribution is 2.06. The lowest BCUT2D eigenvalue weighted by Gasteiger charge is -2.04. The highest BCUT2D eigenvalue weighted by molar-refractivity contribution is 5.87. The summed E-state index contributed by atoms with van der Waals surface area (Å²) in [7, 11) is 0. The number of rotatable bonds is 4. The van der Waals surface area contributed by atoms with Gasteiger partial charge in [-0.2, -0.15) is 0 Å². The summed E-state index contributed by atoms with van der Waals surface area (Å²) in [6, 6.07) is 6.43. The first-order chi connectivity index (χ1) is 8.65. The molecule has 2 rings (SSSR count). The first-order valence-electron chi connectivity index (χ1n) is 5.19. The minimum absolute atomic E-state index is 0.233. The van der Waals surface area contributed by atoms with Gasteiger partial charge in [0.15, 0.2) is 5.82 Å². The maximum Gasteiger partial charge on any atom is 0.335 e. The quantitative estimate of drug-likeness (QED) is 0.863. The van der Waals surface area contributed by atoms with Gasteiger partial charge in [-0.15, -0.1) is 0 Å². The summed E-state index contributed by atoms with van der Waals surface area (Å²) >= 11 is 0. The van der Waals surface area contributed by atoms with Gasteiger partial charge in [0.05, 0.1) is 18.0 Å². The molecule has 1 aromatic carbocycles. The fourth-order valence-corrected chi connectivity index (χ4v) is 1.35. The van der Waals surface area contributed by atoms with E-state index in [1.54, 1.807) is 12.1 Å². The van der Waals surface area contributed by atoms with E-state index in [4.69, 9.17) is 5.11 Å². The Kier molecular flexibility index (Phi) is 3.47. The molecule has 0 aliphatic heterocycles. The molecule has 0 atom stereocenters. The molecule has 1 heterocycles. The van der Waals surface area contributed by atoms with Crippen LogP contribution in [0.15, 0.2) is 36.7 Å². The largest absolute Gasteiger partial charge is 0.478 e. The number of carboxylic acid groups (broad SMARTS) is 1. The van der Waals surface area contributed by atoms with Gasteiger partial charge in [-0.3, -0.25) is 0 Å². The molecule has 92 valence electrons. The summed E-state index contributed by atoms with van der Waals surface area (Å²) in [5, 5.41) is 11.6. The van der Waals surface area contributed by atoms with Gasteiger partial charge in [-0.1, -0.05) is 12.1 Å². The van der Waals surface area contributed by atoms with E-state index in [9.17, 15) is 9.18 Å². The highest BCUT2D eigenvalue weighted by Gasteiger charge is 2.02. The molecule has 0 aliphatic carbocycles. The molecular formula is C12H10FN3O2. The van der Waals surface area contributed by atoms with Crippen molar-refractivity contribution in [2.45, 2.75) is 6.54 Å². The SMILES string of the molecule is O=C(O)c1ccc(CNc2ncc(F)cn2)cc1. The van der Waals surface area contributed by atoms with Crippen LogP contribution in [0.4, 0.5) is 10.3 Å². The predicted octanol–water partition coefficient (Wildman–Crippen LogP) is 1.93. The predicted molar refractivity (Wildman–Crippen MR) is 62.7 cm³/mol. The van der Waals surface area contributed by atoms with E-state index in [2.05, 4.69) is 15.3 Å². The number of nitrogens with one attached hydrogen (secondary N) is 1. The molecule has 0 amide bonds. The van der Waals surface area contributed by atoms with E-state index in [0.717, 1.165) is 18.0 Å². The van der Waals surface area contributed by atoms with Gasteiger partial charge in [-0.05, 0) is 17.7 Å². The molecule has 0 fully saturated rings. The Morgan fingerprint density at radius 1 is 1.22 bits per heavy atom. The molecule has 0 bridgehead atoms. The topological polar surface area (TPSA) is 75.1 Å². The fourth-order valence-electron chi connectivity index (χ4n) is 1.35. The van der Waals surface area contributed by atoms with Crippen LogP contribution in [0.5, 0.6) is 0 Å². The number of benzene rings is 1. The minimum Gasteiger partial charge on any atom is -0.478 e. The van der Waals surface area contributed by atoms with Gasteiger partial charge in [0.2, 0.25) is 5.95 Å². The van der Waals surface area contributed by atoms with Crippen molar-refractivity contribution in [3.8, 4) is 0 Å². The number of aromatic nitrogens is 2. The van der Waals surface area contributed by atoms with Crippen molar-refractivity contribution in [3.05, 3.63) is 53.6 Å². The molecule has 0 saturated heterocycles. The highest BCUT2D eigenvalue weighted by atomic mass is 19.1. The summed E-state index contributed by atoms with van der Waals surface area (Å²) in [6.07, 6.45) is 2.14. The summed E-state index contributed by atoms with van der Waals surface area (Å²) in [4.78, 5) is 18.1. The molecule has 0 saturated carbocycles. The van der Waals surface area contributed by atoms with Crippen LogP contribution in [0.3, 0.4) is 0 Å². The van der Waals surface area contributed by atoms with Crippen LogP contribution >= 0.6 is 0 Å². The van der Waals surface area contributed by atoms with Gasteiger partial charge in [-0.25, -0.2) is 19.2 Å². The van der Waals surface area contributed by atoms with Crippen molar-refractivity contribution in [1.82, 2.24) is 9.97 Å². The number of hydrogen-bond acceptors (Lipinski definition) is 4. The summed E-state index contributed by atoms with van der Waals surface area (Å²) < 4.78 is 12.6. The monoisotopic (exact) mass is 247 g/mol. The number of halogens is 1. The Bertz CT molecular complexity index is 540. The van der Waals surface area contributed by atoms with Crippen LogP contribution in [0.1, 0.15) is 15.9 Å². The second kappa shape index (κ2) is 5.22. The van der Waals surface area contributed by atoms with E-state index < -0.39 is 11.8 Å². The smallest absolute Gasteiger partial charge is 0.335 e. The Balaban J connectivity index is 1.97. The van der Waals surface area contributed by atoms with Crippen LogP contribution in [-0.4, -0.2) is 21.0 Å². The number of carboxylic acids is 1. The number of hydrogen-bond donors (Lipinski definition) is 2. The van der Waals surface area contributed by atoms with Gasteiger partial charge in [0.25, 0.3) is 0 Å². The van der Waals surface area contributed by atoms with Gasteiger partial charge in [0, 0.05) is 6.54 Å². The van der Waals surface area contributed by atoms with Crippen molar-refractivity contribution >= 4 is 11.9 Å². The molecule has 6 heteroatoms. The standard InChI is InChI=1S/C12H10FN3O2/c13-10-6-15-12(16-7-10)14-5-8-1-3-9(4-2-8)11(17)18/h1-4,6-7H,5H2,(H,17,18)(H,14,15,16). The minimum atomic E-state index is -0.962. The lowest BCUT2D eigenvalue weighted by atomic mass is 10.1. The number of carbonyl (C=O) groups is 1. The van der Waals surface area contributed by atoms with E-state index in [-0.39, 0.29) is 5.56 Å².